The Morgan fingerprint density at radius 2 is 2.00 bits per heavy atom. The van der Waals surface area contributed by atoms with Crippen molar-refractivity contribution in [1.82, 2.24) is 0 Å². The number of rotatable bonds is 6. The fraction of sp³-hybridized carbons (Fsp3) is 0.857. The molecule has 0 aliphatic carbocycles. The first-order chi connectivity index (χ1) is 6.79. The lowest BCUT2D eigenvalue weighted by molar-refractivity contribution is -0.140. The van der Waals surface area contributed by atoms with Crippen LogP contribution in [0.1, 0.15) is 20.3 Å². The zero-order valence-electron chi connectivity index (χ0n) is 8.85. The Morgan fingerprint density at radius 3 is 2.33 bits per heavy atom. The van der Waals surface area contributed by atoms with E-state index in [1.165, 1.54) is 0 Å². The van der Waals surface area contributed by atoms with Gasteiger partial charge in [-0.2, -0.15) is 0 Å². The van der Waals surface area contributed by atoms with Gasteiger partial charge in [-0.15, -0.1) is 0 Å². The van der Waals surface area contributed by atoms with Crippen LogP contribution < -0.4 is 0 Å². The zero-order valence-corrected chi connectivity index (χ0v) is 10.7. The molecule has 0 spiro atoms. The summed E-state index contributed by atoms with van der Waals surface area (Å²) in [7, 11) is -6.65. The molecule has 0 saturated heterocycles. The van der Waals surface area contributed by atoms with E-state index in [2.05, 4.69) is 4.74 Å². The molecule has 0 fully saturated rings. The molecule has 6 nitrogen and oxygen atoms in total. The fourth-order valence-corrected chi connectivity index (χ4v) is 3.45. The monoisotopic (exact) mass is 258 g/mol. The SMILES string of the molecule is CCCO[PH](=O)C(OC(C)=O)S(C)(=O)=O. The Hall–Kier alpha value is -0.390. The Kier molecular flexibility index (Phi) is 6.09. The normalized spacial score (nSPS) is 15.7. The molecule has 0 heterocycles. The van der Waals surface area contributed by atoms with Crippen LogP contribution >= 0.6 is 8.03 Å². The predicted octanol–water partition coefficient (Wildman–Crippen LogP) is 0.779. The number of ether oxygens (including phenoxy) is 1. The predicted molar refractivity (Wildman–Crippen MR) is 55.6 cm³/mol. The quantitative estimate of drug-likeness (QED) is 0.517. The van der Waals surface area contributed by atoms with Gasteiger partial charge in [0.25, 0.3) is 5.18 Å². The third kappa shape index (κ3) is 5.92. The van der Waals surface area contributed by atoms with E-state index in [0.717, 1.165) is 13.2 Å². The minimum absolute atomic E-state index is 0.172. The van der Waals surface area contributed by atoms with Gasteiger partial charge in [0.15, 0.2) is 9.84 Å². The molecule has 0 aromatic carbocycles. The van der Waals surface area contributed by atoms with E-state index in [9.17, 15) is 17.8 Å². The molecule has 8 heteroatoms. The van der Waals surface area contributed by atoms with E-state index < -0.39 is 29.0 Å². The summed E-state index contributed by atoms with van der Waals surface area (Å²) in [4.78, 5) is 10.6. The maximum absolute atomic E-state index is 11.4. The molecule has 0 N–H and O–H groups in total. The van der Waals surface area contributed by atoms with Crippen molar-refractivity contribution < 1.29 is 27.0 Å². The largest absolute Gasteiger partial charge is 0.436 e. The zero-order chi connectivity index (χ0) is 12.1. The van der Waals surface area contributed by atoms with Crippen molar-refractivity contribution in [3.05, 3.63) is 0 Å². The molecular weight excluding hydrogens is 243 g/mol. The first kappa shape index (κ1) is 14.6. The summed E-state index contributed by atoms with van der Waals surface area (Å²) in [6.45, 7) is 3.01. The molecule has 2 unspecified atom stereocenters. The highest BCUT2D eigenvalue weighted by Gasteiger charge is 2.30. The summed E-state index contributed by atoms with van der Waals surface area (Å²) in [6.07, 6.45) is 1.45. The Morgan fingerprint density at radius 1 is 1.47 bits per heavy atom. The van der Waals surface area contributed by atoms with Gasteiger partial charge in [0, 0.05) is 13.2 Å². The summed E-state index contributed by atoms with van der Waals surface area (Å²) in [5, 5.41) is -1.67. The lowest BCUT2D eigenvalue weighted by atomic mass is 10.5. The van der Waals surface area contributed by atoms with Gasteiger partial charge in [-0.05, 0) is 6.42 Å². The topological polar surface area (TPSA) is 86.7 Å². The van der Waals surface area contributed by atoms with E-state index >= 15 is 0 Å². The number of hydrogen-bond donors (Lipinski definition) is 0. The molecule has 0 aromatic rings. The first-order valence-corrected chi connectivity index (χ1v) is 7.66. The summed E-state index contributed by atoms with van der Waals surface area (Å²) >= 11 is 0. The number of esters is 1. The number of sulfone groups is 1. The smallest absolute Gasteiger partial charge is 0.304 e. The summed E-state index contributed by atoms with van der Waals surface area (Å²) in [6, 6.07) is 0. The maximum Gasteiger partial charge on any atom is 0.304 e. The highest BCUT2D eigenvalue weighted by Crippen LogP contribution is 2.33. The van der Waals surface area contributed by atoms with E-state index in [0.29, 0.717) is 6.42 Å². The van der Waals surface area contributed by atoms with Crippen molar-refractivity contribution in [2.75, 3.05) is 12.9 Å². The van der Waals surface area contributed by atoms with Gasteiger partial charge < -0.3 is 9.26 Å². The average Bonchev–Trinajstić information content (AvgIpc) is 2.08. The van der Waals surface area contributed by atoms with Gasteiger partial charge in [-0.3, -0.25) is 9.36 Å². The first-order valence-electron chi connectivity index (χ1n) is 4.31. The lowest BCUT2D eigenvalue weighted by Crippen LogP contribution is -2.22. The van der Waals surface area contributed by atoms with Crippen molar-refractivity contribution in [2.24, 2.45) is 0 Å². The van der Waals surface area contributed by atoms with Crippen molar-refractivity contribution >= 4 is 23.8 Å². The molecule has 15 heavy (non-hydrogen) atoms. The number of carbonyl (C=O) groups excluding carboxylic acids is 1. The molecule has 0 saturated carbocycles. The molecule has 2 atom stereocenters. The summed E-state index contributed by atoms with van der Waals surface area (Å²) in [5.41, 5.74) is 0. The molecule has 0 rings (SSSR count). The van der Waals surface area contributed by atoms with Crippen LogP contribution in [0.15, 0.2) is 0 Å². The van der Waals surface area contributed by atoms with Crippen LogP contribution in [0, 0.1) is 0 Å². The van der Waals surface area contributed by atoms with Crippen LogP contribution in [0.5, 0.6) is 0 Å². The Balaban J connectivity index is 4.64. The summed E-state index contributed by atoms with van der Waals surface area (Å²) in [5.74, 6) is -0.802. The molecule has 0 aliphatic rings. The van der Waals surface area contributed by atoms with Crippen molar-refractivity contribution in [2.45, 2.75) is 25.4 Å². The van der Waals surface area contributed by atoms with Crippen LogP contribution in [-0.2, 0) is 28.5 Å². The summed E-state index contributed by atoms with van der Waals surface area (Å²) < 4.78 is 42.9. The Bertz CT molecular complexity index is 335. The fourth-order valence-electron chi connectivity index (χ4n) is 0.732. The van der Waals surface area contributed by atoms with Crippen LogP contribution in [0.2, 0.25) is 0 Å². The lowest BCUT2D eigenvalue weighted by Gasteiger charge is -2.14. The van der Waals surface area contributed by atoms with Crippen molar-refractivity contribution in [3.8, 4) is 0 Å². The van der Waals surface area contributed by atoms with Crippen LogP contribution in [0.3, 0.4) is 0 Å². The standard InChI is InChI=1S/C7H15O6PS/c1-4-5-12-14(9)7(13-6(2)8)15(3,10)11/h7,14H,4-5H2,1-3H3. The third-order valence-electron chi connectivity index (χ3n) is 1.30. The van der Waals surface area contributed by atoms with E-state index in [-0.39, 0.29) is 6.61 Å². The molecular formula is C7H15O6PS. The van der Waals surface area contributed by atoms with Crippen LogP contribution in [-0.4, -0.2) is 32.4 Å². The van der Waals surface area contributed by atoms with Gasteiger partial charge in [-0.1, -0.05) is 6.92 Å². The van der Waals surface area contributed by atoms with Crippen LogP contribution in [0.25, 0.3) is 0 Å². The van der Waals surface area contributed by atoms with E-state index in [1.807, 2.05) is 0 Å². The second kappa shape index (κ2) is 6.25. The van der Waals surface area contributed by atoms with Gasteiger partial charge >= 0.3 is 5.97 Å². The van der Waals surface area contributed by atoms with Crippen LogP contribution in [0.4, 0.5) is 0 Å². The van der Waals surface area contributed by atoms with Gasteiger partial charge in [0.1, 0.15) is 0 Å². The average molecular weight is 258 g/mol. The molecule has 90 valence electrons. The van der Waals surface area contributed by atoms with Gasteiger partial charge in [0.05, 0.1) is 6.61 Å². The molecule has 0 bridgehead atoms. The molecule has 0 radical (unpaired) electrons. The highest BCUT2D eigenvalue weighted by atomic mass is 32.2. The molecule has 0 aliphatic heterocycles. The van der Waals surface area contributed by atoms with Crippen molar-refractivity contribution in [3.63, 3.8) is 0 Å². The second-order valence-corrected chi connectivity index (χ2v) is 6.90. The Labute approximate surface area is 89.7 Å². The van der Waals surface area contributed by atoms with E-state index in [1.54, 1.807) is 6.92 Å². The molecule has 0 amide bonds. The maximum atomic E-state index is 11.4. The van der Waals surface area contributed by atoms with Crippen molar-refractivity contribution in [1.29, 1.82) is 0 Å². The third-order valence-corrected chi connectivity index (χ3v) is 5.03. The highest BCUT2D eigenvalue weighted by molar-refractivity contribution is 7.96. The molecule has 0 aromatic heterocycles. The minimum Gasteiger partial charge on any atom is -0.436 e. The van der Waals surface area contributed by atoms with Gasteiger partial charge in [-0.25, -0.2) is 8.42 Å². The number of hydrogen-bond acceptors (Lipinski definition) is 6. The minimum atomic E-state index is -3.72. The van der Waals surface area contributed by atoms with E-state index in [4.69, 9.17) is 4.52 Å². The second-order valence-electron chi connectivity index (χ2n) is 2.94. The van der Waals surface area contributed by atoms with Gasteiger partial charge in [0.2, 0.25) is 8.03 Å². The number of carbonyl (C=O) groups is 1.